The van der Waals surface area contributed by atoms with E-state index in [4.69, 9.17) is 0 Å². The summed E-state index contributed by atoms with van der Waals surface area (Å²) >= 11 is 0. The van der Waals surface area contributed by atoms with E-state index in [0.717, 1.165) is 65.4 Å². The van der Waals surface area contributed by atoms with E-state index in [-0.39, 0.29) is 0 Å². The van der Waals surface area contributed by atoms with Crippen molar-refractivity contribution in [2.75, 3.05) is 65.4 Å². The molecular formula is C19H30N4O. The summed E-state index contributed by atoms with van der Waals surface area (Å²) in [4.78, 5) is 21.7. The van der Waals surface area contributed by atoms with Crippen molar-refractivity contribution in [1.82, 2.24) is 19.6 Å². The molecule has 0 saturated carbocycles. The zero-order valence-electron chi connectivity index (χ0n) is 14.9. The van der Waals surface area contributed by atoms with Gasteiger partial charge in [0.25, 0.3) is 0 Å². The molecular weight excluding hydrogens is 300 g/mol. The van der Waals surface area contributed by atoms with Crippen LogP contribution in [0.25, 0.3) is 0 Å². The number of nitrogens with zero attached hydrogens (tertiary/aromatic N) is 4. The summed E-state index contributed by atoms with van der Waals surface area (Å²) in [5, 5.41) is 0. The third-order valence-corrected chi connectivity index (χ3v) is 5.24. The Morgan fingerprint density at radius 1 is 0.833 bits per heavy atom. The Labute approximate surface area is 145 Å². The molecule has 2 aliphatic rings. The van der Waals surface area contributed by atoms with Crippen LogP contribution in [-0.4, -0.2) is 91.0 Å². The zero-order valence-corrected chi connectivity index (χ0v) is 14.9. The molecule has 0 N–H and O–H groups in total. The van der Waals surface area contributed by atoms with Gasteiger partial charge in [0, 0.05) is 58.9 Å². The number of amides is 1. The number of carbonyl (C=O) groups excluding carboxylic acids is 1. The van der Waals surface area contributed by atoms with Gasteiger partial charge in [-0.25, -0.2) is 0 Å². The molecule has 1 aromatic carbocycles. The van der Waals surface area contributed by atoms with Gasteiger partial charge < -0.3 is 9.80 Å². The van der Waals surface area contributed by atoms with Crippen LogP contribution in [-0.2, 0) is 11.3 Å². The highest BCUT2D eigenvalue weighted by Gasteiger charge is 2.24. The van der Waals surface area contributed by atoms with Crippen LogP contribution in [0, 0.1) is 0 Å². The first-order valence-electron chi connectivity index (χ1n) is 9.23. The lowest BCUT2D eigenvalue weighted by atomic mass is 10.2. The fraction of sp³-hybridized carbons (Fsp3) is 0.632. The summed E-state index contributed by atoms with van der Waals surface area (Å²) in [6, 6.07) is 10.6. The molecule has 0 unspecified atom stereocenters. The predicted octanol–water partition coefficient (Wildman–Crippen LogP) is 0.968. The van der Waals surface area contributed by atoms with Gasteiger partial charge in [0.05, 0.1) is 6.54 Å². The topological polar surface area (TPSA) is 30.0 Å². The summed E-state index contributed by atoms with van der Waals surface area (Å²) in [5.74, 6) is 0.308. The minimum atomic E-state index is 0.308. The van der Waals surface area contributed by atoms with E-state index in [9.17, 15) is 4.79 Å². The summed E-state index contributed by atoms with van der Waals surface area (Å²) in [6.45, 7) is 12.8. The number of likely N-dealkylation sites (N-methyl/N-ethyl adjacent to an activating group) is 1. The first kappa shape index (κ1) is 17.4. The average molecular weight is 330 g/mol. The molecule has 2 aliphatic heterocycles. The Bertz CT molecular complexity index is 505. The molecule has 5 heteroatoms. The molecule has 0 atom stereocenters. The van der Waals surface area contributed by atoms with E-state index < -0.39 is 0 Å². The van der Waals surface area contributed by atoms with Crippen LogP contribution in [0.1, 0.15) is 12.5 Å². The van der Waals surface area contributed by atoms with E-state index >= 15 is 0 Å². The molecule has 5 nitrogen and oxygen atoms in total. The summed E-state index contributed by atoms with van der Waals surface area (Å²) in [7, 11) is 0. The second-order valence-electron chi connectivity index (χ2n) is 6.85. The molecule has 2 saturated heterocycles. The number of hydrogen-bond acceptors (Lipinski definition) is 4. The Morgan fingerprint density at radius 3 is 2.04 bits per heavy atom. The van der Waals surface area contributed by atoms with Gasteiger partial charge in [-0.1, -0.05) is 37.3 Å². The van der Waals surface area contributed by atoms with Crippen molar-refractivity contribution in [3.8, 4) is 0 Å². The van der Waals surface area contributed by atoms with Crippen LogP contribution in [0.4, 0.5) is 0 Å². The van der Waals surface area contributed by atoms with E-state index in [0.29, 0.717) is 12.5 Å². The first-order valence-corrected chi connectivity index (χ1v) is 9.23. The normalized spacial score (nSPS) is 21.1. The maximum absolute atomic E-state index is 12.5. The van der Waals surface area contributed by atoms with Crippen LogP contribution in [0.15, 0.2) is 30.3 Å². The molecule has 0 bridgehead atoms. The van der Waals surface area contributed by atoms with Gasteiger partial charge in [0.15, 0.2) is 0 Å². The molecule has 1 amide bonds. The zero-order chi connectivity index (χ0) is 16.8. The minimum absolute atomic E-state index is 0.308. The van der Waals surface area contributed by atoms with Gasteiger partial charge >= 0.3 is 0 Å². The van der Waals surface area contributed by atoms with Gasteiger partial charge in [-0.3, -0.25) is 14.6 Å². The highest BCUT2D eigenvalue weighted by Crippen LogP contribution is 2.09. The van der Waals surface area contributed by atoms with Crippen molar-refractivity contribution in [2.45, 2.75) is 13.5 Å². The standard InChI is InChI=1S/C19H30N4O/c1-2-20-12-14-23(15-13-20)19(24)17-22-10-8-21(9-11-22)16-18-6-4-3-5-7-18/h3-7H,2,8-17H2,1H3. The van der Waals surface area contributed by atoms with E-state index in [1.165, 1.54) is 5.56 Å². The smallest absolute Gasteiger partial charge is 0.236 e. The quantitative estimate of drug-likeness (QED) is 0.805. The summed E-state index contributed by atoms with van der Waals surface area (Å²) in [6.07, 6.45) is 0. The fourth-order valence-electron chi connectivity index (χ4n) is 3.55. The van der Waals surface area contributed by atoms with Crippen molar-refractivity contribution in [3.63, 3.8) is 0 Å². The van der Waals surface area contributed by atoms with Gasteiger partial charge in [-0.2, -0.15) is 0 Å². The molecule has 1 aromatic rings. The highest BCUT2D eigenvalue weighted by molar-refractivity contribution is 5.78. The second kappa shape index (κ2) is 8.60. The van der Waals surface area contributed by atoms with Gasteiger partial charge in [-0.05, 0) is 12.1 Å². The van der Waals surface area contributed by atoms with Crippen molar-refractivity contribution in [1.29, 1.82) is 0 Å². The number of rotatable bonds is 5. The Balaban J connectivity index is 1.38. The summed E-state index contributed by atoms with van der Waals surface area (Å²) < 4.78 is 0. The average Bonchev–Trinajstić information content (AvgIpc) is 2.64. The Kier molecular flexibility index (Phi) is 6.24. The number of carbonyl (C=O) groups is 1. The van der Waals surface area contributed by atoms with Crippen molar-refractivity contribution in [3.05, 3.63) is 35.9 Å². The van der Waals surface area contributed by atoms with Crippen LogP contribution in [0.5, 0.6) is 0 Å². The Hall–Kier alpha value is -1.43. The third kappa shape index (κ3) is 4.79. The summed E-state index contributed by atoms with van der Waals surface area (Å²) in [5.41, 5.74) is 1.37. The van der Waals surface area contributed by atoms with Gasteiger partial charge in [-0.15, -0.1) is 0 Å². The number of benzene rings is 1. The van der Waals surface area contributed by atoms with Crippen molar-refractivity contribution < 1.29 is 4.79 Å². The van der Waals surface area contributed by atoms with Crippen molar-refractivity contribution >= 4 is 5.91 Å². The largest absolute Gasteiger partial charge is 0.339 e. The number of piperazine rings is 2. The molecule has 0 radical (unpaired) electrons. The second-order valence-corrected chi connectivity index (χ2v) is 6.85. The third-order valence-electron chi connectivity index (χ3n) is 5.24. The minimum Gasteiger partial charge on any atom is -0.339 e. The van der Waals surface area contributed by atoms with Crippen LogP contribution >= 0.6 is 0 Å². The first-order chi connectivity index (χ1) is 11.7. The van der Waals surface area contributed by atoms with Gasteiger partial charge in [0.2, 0.25) is 5.91 Å². The van der Waals surface area contributed by atoms with Gasteiger partial charge in [0.1, 0.15) is 0 Å². The van der Waals surface area contributed by atoms with Crippen LogP contribution in [0.2, 0.25) is 0 Å². The van der Waals surface area contributed by atoms with Crippen LogP contribution < -0.4 is 0 Å². The molecule has 0 spiro atoms. The maximum atomic E-state index is 12.5. The molecule has 0 aromatic heterocycles. The highest BCUT2D eigenvalue weighted by atomic mass is 16.2. The van der Waals surface area contributed by atoms with E-state index in [2.05, 4.69) is 52.0 Å². The predicted molar refractivity (Wildman–Crippen MR) is 96.9 cm³/mol. The molecule has 3 rings (SSSR count). The molecule has 132 valence electrons. The molecule has 24 heavy (non-hydrogen) atoms. The number of hydrogen-bond donors (Lipinski definition) is 0. The maximum Gasteiger partial charge on any atom is 0.236 e. The van der Waals surface area contributed by atoms with E-state index in [1.807, 2.05) is 4.90 Å². The fourth-order valence-corrected chi connectivity index (χ4v) is 3.55. The molecule has 2 heterocycles. The lowest BCUT2D eigenvalue weighted by Crippen LogP contribution is -2.53. The van der Waals surface area contributed by atoms with Crippen LogP contribution in [0.3, 0.4) is 0 Å². The van der Waals surface area contributed by atoms with Crippen molar-refractivity contribution in [2.24, 2.45) is 0 Å². The lowest BCUT2D eigenvalue weighted by molar-refractivity contribution is -0.134. The SMILES string of the molecule is CCN1CCN(C(=O)CN2CCN(Cc3ccccc3)CC2)CC1. The monoisotopic (exact) mass is 330 g/mol. The lowest BCUT2D eigenvalue weighted by Gasteiger charge is -2.37. The van der Waals surface area contributed by atoms with E-state index in [1.54, 1.807) is 0 Å². The Morgan fingerprint density at radius 2 is 1.42 bits per heavy atom. The molecule has 0 aliphatic carbocycles. The molecule has 2 fully saturated rings.